The van der Waals surface area contributed by atoms with Gasteiger partial charge in [-0.1, -0.05) is 6.07 Å². The quantitative estimate of drug-likeness (QED) is 0.772. The van der Waals surface area contributed by atoms with Crippen molar-refractivity contribution >= 4 is 27.3 Å². The number of anilines is 2. The highest BCUT2D eigenvalue weighted by atomic mass is 32.2. The first-order chi connectivity index (χ1) is 13.2. The number of halogens is 1. The fourth-order valence-electron chi connectivity index (χ4n) is 4.42. The second-order valence-corrected chi connectivity index (χ2v) is 9.53. The number of benzene rings is 2. The van der Waals surface area contributed by atoms with Crippen LogP contribution >= 0.6 is 0 Å². The minimum Gasteiger partial charge on any atom is -0.309 e. The van der Waals surface area contributed by atoms with Gasteiger partial charge in [-0.05, 0) is 74.1 Å². The van der Waals surface area contributed by atoms with Gasteiger partial charge in [-0.3, -0.25) is 9.10 Å². The van der Waals surface area contributed by atoms with E-state index in [2.05, 4.69) is 0 Å². The summed E-state index contributed by atoms with van der Waals surface area (Å²) in [6.07, 6.45) is 1.91. The van der Waals surface area contributed by atoms with Crippen LogP contribution in [0.3, 0.4) is 0 Å². The van der Waals surface area contributed by atoms with Crippen molar-refractivity contribution in [1.29, 1.82) is 0 Å². The summed E-state index contributed by atoms with van der Waals surface area (Å²) in [7, 11) is -3.90. The molecule has 2 aromatic carbocycles. The third-order valence-corrected chi connectivity index (χ3v) is 7.33. The molecule has 0 radical (unpaired) electrons. The van der Waals surface area contributed by atoms with Gasteiger partial charge in [0.25, 0.3) is 10.0 Å². The van der Waals surface area contributed by atoms with E-state index in [4.69, 9.17) is 0 Å². The van der Waals surface area contributed by atoms with E-state index < -0.39 is 15.8 Å². The largest absolute Gasteiger partial charge is 0.309 e. The van der Waals surface area contributed by atoms with Crippen LogP contribution in [0.1, 0.15) is 37.0 Å². The molecule has 0 fully saturated rings. The van der Waals surface area contributed by atoms with E-state index in [1.807, 2.05) is 13.0 Å². The van der Waals surface area contributed by atoms with Gasteiger partial charge in [-0.25, -0.2) is 12.8 Å². The Labute approximate surface area is 164 Å². The van der Waals surface area contributed by atoms with Gasteiger partial charge in [0.1, 0.15) is 5.82 Å². The monoisotopic (exact) mass is 402 g/mol. The second kappa shape index (κ2) is 6.58. The van der Waals surface area contributed by atoms with Crippen LogP contribution in [0.5, 0.6) is 0 Å². The molecule has 2 aliphatic heterocycles. The summed E-state index contributed by atoms with van der Waals surface area (Å²) in [5.41, 5.74) is 3.25. The summed E-state index contributed by atoms with van der Waals surface area (Å²) in [5.74, 6) is -0.569. The number of nitrogens with zero attached hydrogens (tertiary/aromatic N) is 2. The maximum absolute atomic E-state index is 14.7. The minimum atomic E-state index is -3.90. The Balaban J connectivity index is 1.78. The molecule has 0 aliphatic carbocycles. The number of sulfonamides is 1. The molecule has 2 aromatic rings. The van der Waals surface area contributed by atoms with E-state index in [0.717, 1.165) is 22.4 Å². The molecule has 7 heteroatoms. The fourth-order valence-corrected chi connectivity index (χ4v) is 6.02. The Kier molecular flexibility index (Phi) is 4.45. The molecule has 2 aliphatic rings. The van der Waals surface area contributed by atoms with Crippen molar-refractivity contribution in [3.05, 3.63) is 52.8 Å². The summed E-state index contributed by atoms with van der Waals surface area (Å²) in [5, 5.41) is 0. The normalized spacial score (nSPS) is 18.8. The van der Waals surface area contributed by atoms with Crippen molar-refractivity contribution in [2.75, 3.05) is 15.7 Å². The van der Waals surface area contributed by atoms with Gasteiger partial charge >= 0.3 is 0 Å². The summed E-state index contributed by atoms with van der Waals surface area (Å²) in [6, 6.07) is 8.05. The van der Waals surface area contributed by atoms with E-state index in [-0.39, 0.29) is 29.1 Å². The van der Waals surface area contributed by atoms with E-state index in [0.29, 0.717) is 19.3 Å². The van der Waals surface area contributed by atoms with Gasteiger partial charge in [0.15, 0.2) is 0 Å². The van der Waals surface area contributed by atoms with Gasteiger partial charge in [0, 0.05) is 25.2 Å². The van der Waals surface area contributed by atoms with Crippen LogP contribution < -0.4 is 9.21 Å². The Bertz CT molecular complexity index is 1080. The van der Waals surface area contributed by atoms with Crippen LogP contribution in [0.4, 0.5) is 15.8 Å². The molecule has 5 nitrogen and oxygen atoms in total. The molecule has 0 saturated heterocycles. The molecule has 1 amide bonds. The smallest absolute Gasteiger partial charge is 0.264 e. The number of rotatable bonds is 2. The third kappa shape index (κ3) is 2.89. The van der Waals surface area contributed by atoms with Gasteiger partial charge in [0.2, 0.25) is 5.91 Å². The summed E-state index contributed by atoms with van der Waals surface area (Å²) in [4.78, 5) is 13.7. The van der Waals surface area contributed by atoms with Gasteiger partial charge in [-0.2, -0.15) is 0 Å². The zero-order chi connectivity index (χ0) is 20.2. The Morgan fingerprint density at radius 2 is 1.93 bits per heavy atom. The standard InChI is InChI=1S/C21H23FN2O3S/c1-13-9-16-5-4-8-23(21(16)19(22)10-13)28(26,27)18-6-7-20-17(12-18)11-14(2)24(20)15(3)25/h6-7,9-10,12,14H,4-5,8,11H2,1-3H3/t14-/m1/s1. The summed E-state index contributed by atoms with van der Waals surface area (Å²) in [6.45, 7) is 5.50. The number of hydrogen-bond donors (Lipinski definition) is 0. The molecule has 0 spiro atoms. The number of amides is 1. The first-order valence-electron chi connectivity index (χ1n) is 9.44. The van der Waals surface area contributed by atoms with Gasteiger partial charge in [-0.15, -0.1) is 0 Å². The van der Waals surface area contributed by atoms with Crippen LogP contribution in [0.2, 0.25) is 0 Å². The number of hydrogen-bond acceptors (Lipinski definition) is 3. The van der Waals surface area contributed by atoms with Crippen LogP contribution in [0.15, 0.2) is 35.2 Å². The molecule has 0 aromatic heterocycles. The first-order valence-corrected chi connectivity index (χ1v) is 10.9. The van der Waals surface area contributed by atoms with Crippen LogP contribution in [0, 0.1) is 12.7 Å². The van der Waals surface area contributed by atoms with Crippen molar-refractivity contribution in [2.24, 2.45) is 0 Å². The second-order valence-electron chi connectivity index (χ2n) is 7.67. The molecule has 28 heavy (non-hydrogen) atoms. The maximum Gasteiger partial charge on any atom is 0.264 e. The van der Waals surface area contributed by atoms with Crippen molar-refractivity contribution in [2.45, 2.75) is 51.0 Å². The SMILES string of the molecule is CC(=O)N1c2ccc(S(=O)(=O)N3CCCc4cc(C)cc(F)c43)cc2C[C@H]1C. The summed E-state index contributed by atoms with van der Waals surface area (Å²) >= 11 is 0. The molecule has 0 saturated carbocycles. The van der Waals surface area contributed by atoms with E-state index in [9.17, 15) is 17.6 Å². The third-order valence-electron chi connectivity index (χ3n) is 5.54. The van der Waals surface area contributed by atoms with Crippen molar-refractivity contribution in [1.82, 2.24) is 0 Å². The van der Waals surface area contributed by atoms with Crippen molar-refractivity contribution < 1.29 is 17.6 Å². The lowest BCUT2D eigenvalue weighted by atomic mass is 10.0. The molecule has 1 atom stereocenters. The molecular weight excluding hydrogens is 379 g/mol. The predicted molar refractivity (Wildman–Crippen MR) is 107 cm³/mol. The number of fused-ring (bicyclic) bond motifs is 2. The molecule has 0 unspecified atom stereocenters. The first kappa shape index (κ1) is 18.9. The fraction of sp³-hybridized carbons (Fsp3) is 0.381. The van der Waals surface area contributed by atoms with Gasteiger partial charge < -0.3 is 4.90 Å². The Morgan fingerprint density at radius 1 is 1.18 bits per heavy atom. The molecule has 148 valence electrons. The number of carbonyl (C=O) groups is 1. The van der Waals surface area contributed by atoms with Crippen LogP contribution in [0.25, 0.3) is 0 Å². The van der Waals surface area contributed by atoms with E-state index in [1.165, 1.54) is 23.4 Å². The Morgan fingerprint density at radius 3 is 2.64 bits per heavy atom. The maximum atomic E-state index is 14.7. The average molecular weight is 402 g/mol. The predicted octanol–water partition coefficient (Wildman–Crippen LogP) is 3.57. The lowest BCUT2D eigenvalue weighted by molar-refractivity contribution is -0.116. The zero-order valence-electron chi connectivity index (χ0n) is 16.2. The highest BCUT2D eigenvalue weighted by molar-refractivity contribution is 7.92. The molecule has 0 bridgehead atoms. The minimum absolute atomic E-state index is 0.0124. The zero-order valence-corrected chi connectivity index (χ0v) is 17.0. The number of aryl methyl sites for hydroxylation is 2. The van der Waals surface area contributed by atoms with Crippen LogP contribution in [-0.4, -0.2) is 26.9 Å². The topological polar surface area (TPSA) is 57.7 Å². The van der Waals surface area contributed by atoms with Crippen LogP contribution in [-0.2, 0) is 27.7 Å². The number of carbonyl (C=O) groups excluding carboxylic acids is 1. The van der Waals surface area contributed by atoms with Crippen molar-refractivity contribution in [3.63, 3.8) is 0 Å². The van der Waals surface area contributed by atoms with Crippen molar-refractivity contribution in [3.8, 4) is 0 Å². The molecule has 4 rings (SSSR count). The molecule has 2 heterocycles. The van der Waals surface area contributed by atoms with Gasteiger partial charge in [0.05, 0.1) is 10.6 Å². The highest BCUT2D eigenvalue weighted by Gasteiger charge is 2.34. The highest BCUT2D eigenvalue weighted by Crippen LogP contribution is 2.38. The average Bonchev–Trinajstić information content (AvgIpc) is 2.95. The lowest BCUT2D eigenvalue weighted by Gasteiger charge is -2.31. The lowest BCUT2D eigenvalue weighted by Crippen LogP contribution is -2.36. The van der Waals surface area contributed by atoms with E-state index in [1.54, 1.807) is 24.0 Å². The van der Waals surface area contributed by atoms with E-state index >= 15 is 0 Å². The molecule has 0 N–H and O–H groups in total. The molecular formula is C21H23FN2O3S. The Hall–Kier alpha value is -2.41. The summed E-state index contributed by atoms with van der Waals surface area (Å²) < 4.78 is 42.6.